The van der Waals surface area contributed by atoms with Crippen LogP contribution in [0.4, 0.5) is 11.4 Å². The second-order valence-corrected chi connectivity index (χ2v) is 12.4. The standard InChI is InChI=1S/C26H31N3O6S2/c1-18(2)28-36(31,32)23-13-14-25(35-5)24(16-23)27-26(30)17-29(21-12-11-19(3)20(4)15-21)37(33,34)22-9-7-6-8-10-22/h6-16,18,28H,17H2,1-5H3,(H,27,30). The Bertz CT molecular complexity index is 1490. The van der Waals surface area contributed by atoms with Gasteiger partial charge in [0.25, 0.3) is 10.0 Å². The minimum atomic E-state index is -4.10. The first-order chi connectivity index (χ1) is 17.3. The van der Waals surface area contributed by atoms with E-state index in [9.17, 15) is 21.6 Å². The molecule has 9 nitrogen and oxygen atoms in total. The number of rotatable bonds is 10. The molecule has 1 amide bonds. The third-order valence-electron chi connectivity index (χ3n) is 5.54. The van der Waals surface area contributed by atoms with Crippen LogP contribution < -0.4 is 19.1 Å². The average Bonchev–Trinajstić information content (AvgIpc) is 2.84. The van der Waals surface area contributed by atoms with E-state index in [1.54, 1.807) is 50.2 Å². The molecule has 0 aliphatic heterocycles. The number of hydrogen-bond donors (Lipinski definition) is 2. The Morgan fingerprint density at radius 3 is 2.16 bits per heavy atom. The number of anilines is 2. The molecule has 0 heterocycles. The van der Waals surface area contributed by atoms with Crippen LogP contribution in [0.25, 0.3) is 0 Å². The molecule has 0 fully saturated rings. The molecule has 37 heavy (non-hydrogen) atoms. The summed E-state index contributed by atoms with van der Waals surface area (Å²) in [5, 5.41) is 2.61. The Morgan fingerprint density at radius 1 is 0.892 bits per heavy atom. The summed E-state index contributed by atoms with van der Waals surface area (Å²) in [4.78, 5) is 13.2. The lowest BCUT2D eigenvalue weighted by molar-refractivity contribution is -0.114. The number of carbonyl (C=O) groups is 1. The van der Waals surface area contributed by atoms with Gasteiger partial charge >= 0.3 is 0 Å². The maximum atomic E-state index is 13.6. The molecule has 0 aromatic heterocycles. The van der Waals surface area contributed by atoms with E-state index < -0.39 is 32.5 Å². The monoisotopic (exact) mass is 545 g/mol. The molecule has 3 aromatic rings. The van der Waals surface area contributed by atoms with Crippen molar-refractivity contribution in [2.24, 2.45) is 0 Å². The third-order valence-corrected chi connectivity index (χ3v) is 8.99. The van der Waals surface area contributed by atoms with Gasteiger partial charge in [-0.05, 0) is 81.3 Å². The normalized spacial score (nSPS) is 11.8. The van der Waals surface area contributed by atoms with Crippen molar-refractivity contribution >= 4 is 37.3 Å². The lowest BCUT2D eigenvalue weighted by Gasteiger charge is -2.25. The van der Waals surface area contributed by atoms with Gasteiger partial charge in [-0.15, -0.1) is 0 Å². The summed E-state index contributed by atoms with van der Waals surface area (Å²) in [6, 6.07) is 16.7. The van der Waals surface area contributed by atoms with Gasteiger partial charge in [0.2, 0.25) is 15.9 Å². The van der Waals surface area contributed by atoms with E-state index >= 15 is 0 Å². The van der Waals surface area contributed by atoms with Crippen molar-refractivity contribution in [3.8, 4) is 5.75 Å². The Kier molecular flexibility index (Phi) is 8.62. The smallest absolute Gasteiger partial charge is 0.264 e. The van der Waals surface area contributed by atoms with E-state index in [0.717, 1.165) is 15.4 Å². The largest absolute Gasteiger partial charge is 0.495 e. The van der Waals surface area contributed by atoms with Crippen molar-refractivity contribution in [2.75, 3.05) is 23.3 Å². The minimum absolute atomic E-state index is 0.0338. The van der Waals surface area contributed by atoms with E-state index in [2.05, 4.69) is 10.0 Å². The van der Waals surface area contributed by atoms with Crippen LogP contribution in [0, 0.1) is 13.8 Å². The van der Waals surface area contributed by atoms with Gasteiger partial charge in [0, 0.05) is 6.04 Å². The molecule has 0 saturated carbocycles. The highest BCUT2D eigenvalue weighted by Gasteiger charge is 2.28. The first-order valence-electron chi connectivity index (χ1n) is 11.5. The zero-order chi connectivity index (χ0) is 27.4. The topological polar surface area (TPSA) is 122 Å². The maximum Gasteiger partial charge on any atom is 0.264 e. The van der Waals surface area contributed by atoms with E-state index in [1.165, 1.54) is 37.4 Å². The fraction of sp³-hybridized carbons (Fsp3) is 0.269. The van der Waals surface area contributed by atoms with Crippen LogP contribution in [0.15, 0.2) is 76.5 Å². The molecule has 11 heteroatoms. The lowest BCUT2D eigenvalue weighted by Crippen LogP contribution is -2.38. The quantitative estimate of drug-likeness (QED) is 0.399. The molecule has 0 aliphatic rings. The maximum absolute atomic E-state index is 13.6. The van der Waals surface area contributed by atoms with Gasteiger partial charge in [0.1, 0.15) is 12.3 Å². The van der Waals surface area contributed by atoms with E-state index in [-0.39, 0.29) is 27.3 Å². The molecular formula is C26H31N3O6S2. The van der Waals surface area contributed by atoms with Crippen LogP contribution in [0.2, 0.25) is 0 Å². The van der Waals surface area contributed by atoms with Crippen LogP contribution in [-0.4, -0.2) is 42.4 Å². The van der Waals surface area contributed by atoms with Gasteiger partial charge in [0.05, 0.1) is 28.3 Å². The molecule has 0 atom stereocenters. The van der Waals surface area contributed by atoms with Crippen LogP contribution in [0.3, 0.4) is 0 Å². The van der Waals surface area contributed by atoms with Gasteiger partial charge < -0.3 is 10.1 Å². The summed E-state index contributed by atoms with van der Waals surface area (Å²) < 4.78 is 61.2. The molecule has 198 valence electrons. The number of ether oxygens (including phenoxy) is 1. The highest BCUT2D eigenvalue weighted by molar-refractivity contribution is 7.92. The van der Waals surface area contributed by atoms with Crippen molar-refractivity contribution in [1.82, 2.24) is 4.72 Å². The summed E-state index contributed by atoms with van der Waals surface area (Å²) in [5.74, 6) is -0.456. The minimum Gasteiger partial charge on any atom is -0.495 e. The van der Waals surface area contributed by atoms with Crippen molar-refractivity contribution in [1.29, 1.82) is 0 Å². The molecule has 0 radical (unpaired) electrons. The molecule has 3 rings (SSSR count). The molecule has 0 aliphatic carbocycles. The zero-order valence-electron chi connectivity index (χ0n) is 21.3. The van der Waals surface area contributed by atoms with Crippen LogP contribution in [-0.2, 0) is 24.8 Å². The average molecular weight is 546 g/mol. The second kappa shape index (κ2) is 11.3. The van der Waals surface area contributed by atoms with Gasteiger partial charge in [-0.25, -0.2) is 21.6 Å². The molecule has 0 saturated heterocycles. The second-order valence-electron chi connectivity index (χ2n) is 8.78. The predicted molar refractivity (Wildman–Crippen MR) is 144 cm³/mol. The lowest BCUT2D eigenvalue weighted by atomic mass is 10.1. The molecule has 2 N–H and O–H groups in total. The van der Waals surface area contributed by atoms with Crippen LogP contribution in [0.5, 0.6) is 5.75 Å². The first-order valence-corrected chi connectivity index (χ1v) is 14.4. The van der Waals surface area contributed by atoms with Crippen molar-refractivity contribution in [3.05, 3.63) is 77.9 Å². The first kappa shape index (κ1) is 28.2. The summed E-state index contributed by atoms with van der Waals surface area (Å²) in [6.45, 7) is 6.60. The van der Waals surface area contributed by atoms with Crippen molar-refractivity contribution in [2.45, 2.75) is 43.5 Å². The number of amides is 1. The summed E-state index contributed by atoms with van der Waals surface area (Å²) in [7, 11) is -6.55. The molecule has 3 aromatic carbocycles. The SMILES string of the molecule is COc1ccc(S(=O)(=O)NC(C)C)cc1NC(=O)CN(c1ccc(C)c(C)c1)S(=O)(=O)c1ccccc1. The van der Waals surface area contributed by atoms with Gasteiger partial charge in [-0.2, -0.15) is 0 Å². The number of methoxy groups -OCH3 is 1. The molecule has 0 unspecified atom stereocenters. The van der Waals surface area contributed by atoms with E-state index in [0.29, 0.717) is 5.69 Å². The Balaban J connectivity index is 1.99. The molecular weight excluding hydrogens is 514 g/mol. The number of carbonyl (C=O) groups excluding carboxylic acids is 1. The van der Waals surface area contributed by atoms with Crippen molar-refractivity contribution < 1.29 is 26.4 Å². The fourth-order valence-electron chi connectivity index (χ4n) is 3.57. The number of nitrogens with zero attached hydrogens (tertiary/aromatic N) is 1. The van der Waals surface area contributed by atoms with Crippen LogP contribution >= 0.6 is 0 Å². The fourth-order valence-corrected chi connectivity index (χ4v) is 6.28. The van der Waals surface area contributed by atoms with Gasteiger partial charge in [-0.3, -0.25) is 9.10 Å². The zero-order valence-corrected chi connectivity index (χ0v) is 23.0. The predicted octanol–water partition coefficient (Wildman–Crippen LogP) is 3.83. The van der Waals surface area contributed by atoms with E-state index in [1.807, 2.05) is 13.8 Å². The van der Waals surface area contributed by atoms with Crippen LogP contribution in [0.1, 0.15) is 25.0 Å². The number of nitrogens with one attached hydrogen (secondary N) is 2. The molecule has 0 spiro atoms. The third kappa shape index (κ3) is 6.68. The summed E-state index contributed by atoms with van der Waals surface area (Å²) >= 11 is 0. The number of sulfonamides is 2. The molecule has 0 bridgehead atoms. The van der Waals surface area contributed by atoms with E-state index in [4.69, 9.17) is 4.74 Å². The highest BCUT2D eigenvalue weighted by Crippen LogP contribution is 2.29. The Morgan fingerprint density at radius 2 is 1.57 bits per heavy atom. The van der Waals surface area contributed by atoms with Gasteiger partial charge in [-0.1, -0.05) is 24.3 Å². The number of benzene rings is 3. The van der Waals surface area contributed by atoms with Crippen molar-refractivity contribution in [3.63, 3.8) is 0 Å². The summed E-state index contributed by atoms with van der Waals surface area (Å²) in [5.41, 5.74) is 2.26. The number of hydrogen-bond acceptors (Lipinski definition) is 6. The Labute approximate surface area is 218 Å². The Hall–Kier alpha value is -3.41. The van der Waals surface area contributed by atoms with Gasteiger partial charge in [0.15, 0.2) is 0 Å². The highest BCUT2D eigenvalue weighted by atomic mass is 32.2. The summed E-state index contributed by atoms with van der Waals surface area (Å²) in [6.07, 6.45) is 0. The number of aryl methyl sites for hydroxylation is 2.